The first-order valence-electron chi connectivity index (χ1n) is 8.93. The van der Waals surface area contributed by atoms with Crippen molar-refractivity contribution in [2.24, 2.45) is 0 Å². The Morgan fingerprint density at radius 3 is 2.39 bits per heavy atom. The van der Waals surface area contributed by atoms with Gasteiger partial charge in [0.1, 0.15) is 17.0 Å². The Morgan fingerprint density at radius 1 is 1.07 bits per heavy atom. The summed E-state index contributed by atoms with van der Waals surface area (Å²) in [5.74, 6) is 0.761. The van der Waals surface area contributed by atoms with Crippen LogP contribution in [-0.4, -0.2) is 21.9 Å². The molecule has 0 radical (unpaired) electrons. The van der Waals surface area contributed by atoms with Gasteiger partial charge in [0.05, 0.1) is 30.5 Å². The number of aryl methyl sites for hydroxylation is 1. The van der Waals surface area contributed by atoms with Crippen molar-refractivity contribution in [3.8, 4) is 29.3 Å². The lowest BCUT2D eigenvalue weighted by Gasteiger charge is -2.08. The van der Waals surface area contributed by atoms with E-state index in [-0.39, 0.29) is 0 Å². The molecule has 0 aliphatic rings. The van der Waals surface area contributed by atoms with Gasteiger partial charge >= 0.3 is 0 Å². The molecule has 4 aromatic rings. The van der Waals surface area contributed by atoms with Gasteiger partial charge in [-0.1, -0.05) is 26.0 Å². The van der Waals surface area contributed by atoms with E-state index in [0.29, 0.717) is 16.8 Å². The standard InChI is InChI=1S/C20H13N5O.C2H6/c1-12-7-15-16(8-18(12)26-2)23-10-17-19(15)20(24-25(17)11-22)14-5-3-13(9-21)4-6-14;1-2/h3-8,10H,1-2H3;1-2H3. The quantitative estimate of drug-likeness (QED) is 0.507. The number of pyridine rings is 1. The van der Waals surface area contributed by atoms with Crippen molar-refractivity contribution in [1.82, 2.24) is 14.8 Å². The molecule has 0 saturated heterocycles. The van der Waals surface area contributed by atoms with Gasteiger partial charge in [-0.25, -0.2) is 0 Å². The molecule has 0 amide bonds. The van der Waals surface area contributed by atoms with E-state index in [2.05, 4.69) is 22.3 Å². The van der Waals surface area contributed by atoms with Gasteiger partial charge in [0.25, 0.3) is 0 Å². The van der Waals surface area contributed by atoms with Crippen LogP contribution in [0.2, 0.25) is 0 Å². The lowest BCUT2D eigenvalue weighted by Crippen LogP contribution is -1.91. The van der Waals surface area contributed by atoms with Gasteiger partial charge in [0.2, 0.25) is 6.19 Å². The van der Waals surface area contributed by atoms with Crippen molar-refractivity contribution in [1.29, 1.82) is 10.5 Å². The highest BCUT2D eigenvalue weighted by Crippen LogP contribution is 2.35. The predicted molar refractivity (Wildman–Crippen MR) is 109 cm³/mol. The van der Waals surface area contributed by atoms with Crippen molar-refractivity contribution in [3.05, 3.63) is 53.7 Å². The first kappa shape index (κ1) is 18.9. The van der Waals surface area contributed by atoms with Crippen LogP contribution >= 0.6 is 0 Å². The zero-order valence-electron chi connectivity index (χ0n) is 16.2. The molecule has 0 fully saturated rings. The number of aromatic nitrogens is 3. The van der Waals surface area contributed by atoms with E-state index in [1.54, 1.807) is 25.4 Å². The van der Waals surface area contributed by atoms with Crippen LogP contribution < -0.4 is 4.74 Å². The Labute approximate surface area is 163 Å². The Balaban J connectivity index is 0.00000109. The summed E-state index contributed by atoms with van der Waals surface area (Å²) in [4.78, 5) is 4.47. The number of ether oxygens (including phenoxy) is 1. The van der Waals surface area contributed by atoms with E-state index in [1.807, 2.05) is 45.0 Å². The molecule has 2 aromatic heterocycles. The van der Waals surface area contributed by atoms with Gasteiger partial charge in [0, 0.05) is 22.4 Å². The van der Waals surface area contributed by atoms with Gasteiger partial charge in [-0.3, -0.25) is 4.98 Å². The highest BCUT2D eigenvalue weighted by atomic mass is 16.5. The first-order chi connectivity index (χ1) is 13.7. The summed E-state index contributed by atoms with van der Waals surface area (Å²) in [7, 11) is 1.63. The molecule has 6 heteroatoms. The molecule has 4 rings (SSSR count). The summed E-state index contributed by atoms with van der Waals surface area (Å²) in [6.45, 7) is 5.97. The topological polar surface area (TPSA) is 87.5 Å². The van der Waals surface area contributed by atoms with Crippen LogP contribution in [-0.2, 0) is 0 Å². The maximum atomic E-state index is 9.45. The Bertz CT molecular complexity index is 1240. The molecule has 0 atom stereocenters. The number of nitriles is 2. The molecule has 0 unspecified atom stereocenters. The summed E-state index contributed by atoms with van der Waals surface area (Å²) in [6, 6.07) is 13.1. The monoisotopic (exact) mass is 369 g/mol. The lowest BCUT2D eigenvalue weighted by molar-refractivity contribution is 0.412. The van der Waals surface area contributed by atoms with E-state index in [1.165, 1.54) is 4.68 Å². The molecule has 28 heavy (non-hydrogen) atoms. The summed E-state index contributed by atoms with van der Waals surface area (Å²) in [6.07, 6.45) is 3.72. The number of rotatable bonds is 2. The minimum atomic E-state index is 0.574. The zero-order chi connectivity index (χ0) is 20.3. The summed E-state index contributed by atoms with van der Waals surface area (Å²) >= 11 is 0. The molecule has 0 aliphatic heterocycles. The minimum absolute atomic E-state index is 0.574. The van der Waals surface area contributed by atoms with Crippen LogP contribution in [0, 0.1) is 29.7 Å². The van der Waals surface area contributed by atoms with Crippen molar-refractivity contribution >= 4 is 21.8 Å². The van der Waals surface area contributed by atoms with E-state index in [0.717, 1.165) is 33.2 Å². The Morgan fingerprint density at radius 2 is 1.79 bits per heavy atom. The number of nitrogens with zero attached hydrogens (tertiary/aromatic N) is 5. The van der Waals surface area contributed by atoms with Crippen LogP contribution in [0.5, 0.6) is 5.75 Å². The maximum Gasteiger partial charge on any atom is 0.207 e. The molecule has 0 bridgehead atoms. The van der Waals surface area contributed by atoms with Crippen LogP contribution in [0.25, 0.3) is 33.1 Å². The second-order valence-electron chi connectivity index (χ2n) is 5.91. The zero-order valence-corrected chi connectivity index (χ0v) is 16.2. The third-order valence-electron chi connectivity index (χ3n) is 4.41. The van der Waals surface area contributed by atoms with E-state index < -0.39 is 0 Å². The molecule has 0 aliphatic carbocycles. The normalized spacial score (nSPS) is 10.1. The van der Waals surface area contributed by atoms with E-state index in [9.17, 15) is 5.26 Å². The summed E-state index contributed by atoms with van der Waals surface area (Å²) in [5.41, 5.74) is 4.48. The Kier molecular flexibility index (Phi) is 5.24. The predicted octanol–water partition coefficient (Wildman–Crippen LogP) is 4.80. The van der Waals surface area contributed by atoms with E-state index in [4.69, 9.17) is 10.00 Å². The van der Waals surface area contributed by atoms with Crippen molar-refractivity contribution in [3.63, 3.8) is 0 Å². The number of hydrogen-bond donors (Lipinski definition) is 0. The molecule has 6 nitrogen and oxygen atoms in total. The molecule has 2 heterocycles. The smallest absolute Gasteiger partial charge is 0.207 e. The highest BCUT2D eigenvalue weighted by molar-refractivity contribution is 6.11. The second-order valence-corrected chi connectivity index (χ2v) is 5.91. The van der Waals surface area contributed by atoms with Crippen LogP contribution in [0.15, 0.2) is 42.6 Å². The molecule has 138 valence electrons. The summed E-state index contributed by atoms with van der Waals surface area (Å²) < 4.78 is 6.66. The summed E-state index contributed by atoms with van der Waals surface area (Å²) in [5, 5.41) is 24.7. The average Bonchev–Trinajstić information content (AvgIpc) is 3.14. The van der Waals surface area contributed by atoms with Gasteiger partial charge < -0.3 is 4.74 Å². The number of methoxy groups -OCH3 is 1. The number of benzene rings is 2. The SMILES string of the molecule is CC.COc1cc2ncc3c(c(-c4ccc(C#N)cc4)nn3C#N)c2cc1C. The lowest BCUT2D eigenvalue weighted by atomic mass is 10.0. The highest BCUT2D eigenvalue weighted by Gasteiger charge is 2.17. The van der Waals surface area contributed by atoms with Gasteiger partial charge in [-0.15, -0.1) is 0 Å². The molecule has 2 aromatic carbocycles. The molecule has 0 saturated carbocycles. The largest absolute Gasteiger partial charge is 0.496 e. The fourth-order valence-corrected chi connectivity index (χ4v) is 3.13. The number of fused-ring (bicyclic) bond motifs is 3. The van der Waals surface area contributed by atoms with E-state index >= 15 is 0 Å². The van der Waals surface area contributed by atoms with Gasteiger partial charge in [-0.2, -0.15) is 20.3 Å². The molecular weight excluding hydrogens is 350 g/mol. The van der Waals surface area contributed by atoms with Gasteiger partial charge in [0.15, 0.2) is 0 Å². The first-order valence-corrected chi connectivity index (χ1v) is 8.93. The van der Waals surface area contributed by atoms with Crippen molar-refractivity contribution in [2.75, 3.05) is 7.11 Å². The average molecular weight is 369 g/mol. The Hall–Kier alpha value is -3.90. The van der Waals surface area contributed by atoms with Gasteiger partial charge in [-0.05, 0) is 30.7 Å². The maximum absolute atomic E-state index is 9.45. The van der Waals surface area contributed by atoms with Crippen molar-refractivity contribution in [2.45, 2.75) is 20.8 Å². The van der Waals surface area contributed by atoms with Crippen LogP contribution in [0.4, 0.5) is 0 Å². The molecular formula is C22H19N5O. The third-order valence-corrected chi connectivity index (χ3v) is 4.41. The van der Waals surface area contributed by atoms with Crippen LogP contribution in [0.1, 0.15) is 25.0 Å². The number of hydrogen-bond acceptors (Lipinski definition) is 5. The molecule has 0 N–H and O–H groups in total. The fourth-order valence-electron chi connectivity index (χ4n) is 3.13. The second kappa shape index (κ2) is 7.77. The minimum Gasteiger partial charge on any atom is -0.496 e. The fraction of sp³-hybridized carbons (Fsp3) is 0.182. The molecule has 0 spiro atoms. The van der Waals surface area contributed by atoms with Crippen molar-refractivity contribution < 1.29 is 4.74 Å². The van der Waals surface area contributed by atoms with Crippen LogP contribution in [0.3, 0.4) is 0 Å². The third kappa shape index (κ3) is 3.02.